The first-order valence-electron chi connectivity index (χ1n) is 6.90. The Labute approximate surface area is 115 Å². The van der Waals surface area contributed by atoms with Crippen LogP contribution >= 0.6 is 11.3 Å². The average Bonchev–Trinajstić information content (AvgIpc) is 2.67. The topological polar surface area (TPSA) is 28.2 Å². The van der Waals surface area contributed by atoms with E-state index in [2.05, 4.69) is 43.1 Å². The molecule has 102 valence electrons. The molecule has 1 fully saturated rings. The largest absolute Gasteiger partial charge is 0.361 e. The summed E-state index contributed by atoms with van der Waals surface area (Å²) in [7, 11) is 4.40. The Bertz CT molecular complexity index is 359. The zero-order valence-corrected chi connectivity index (χ0v) is 12.8. The predicted octanol–water partition coefficient (Wildman–Crippen LogP) is 3.29. The second-order valence-electron chi connectivity index (χ2n) is 5.68. The van der Waals surface area contributed by atoms with E-state index < -0.39 is 0 Å². The number of hydrogen-bond donors (Lipinski definition) is 1. The van der Waals surface area contributed by atoms with Gasteiger partial charge in [0.15, 0.2) is 5.13 Å². The third-order valence-corrected chi connectivity index (χ3v) is 5.15. The van der Waals surface area contributed by atoms with Crippen LogP contribution in [0, 0.1) is 19.8 Å². The lowest BCUT2D eigenvalue weighted by atomic mass is 9.85. The summed E-state index contributed by atoms with van der Waals surface area (Å²) in [5, 5.41) is 4.61. The zero-order chi connectivity index (χ0) is 13.1. The highest BCUT2D eigenvalue weighted by atomic mass is 32.1. The van der Waals surface area contributed by atoms with Gasteiger partial charge in [-0.2, -0.15) is 0 Å². The molecular weight excluding hydrogens is 242 g/mol. The molecule has 0 atom stereocenters. The molecule has 1 N–H and O–H groups in total. The highest BCUT2D eigenvalue weighted by Crippen LogP contribution is 2.28. The summed E-state index contributed by atoms with van der Waals surface area (Å²) in [6.45, 7) is 5.31. The maximum Gasteiger partial charge on any atom is 0.183 e. The molecule has 1 heterocycles. The molecule has 1 aliphatic rings. The minimum atomic E-state index is 0.797. The first-order chi connectivity index (χ1) is 8.56. The molecule has 3 nitrogen and oxygen atoms in total. The van der Waals surface area contributed by atoms with E-state index in [1.54, 1.807) is 11.3 Å². The standard InChI is InChI=1S/C14H25N3S/c1-10-11(2)18-14(16-10)15-9-12-5-7-13(8-6-12)17(3)4/h12-13H,5-9H2,1-4H3,(H,15,16). The summed E-state index contributed by atoms with van der Waals surface area (Å²) < 4.78 is 0. The van der Waals surface area contributed by atoms with Crippen molar-refractivity contribution in [1.82, 2.24) is 9.88 Å². The van der Waals surface area contributed by atoms with Gasteiger partial charge >= 0.3 is 0 Å². The summed E-state index contributed by atoms with van der Waals surface area (Å²) >= 11 is 1.78. The van der Waals surface area contributed by atoms with Crippen LogP contribution in [-0.4, -0.2) is 36.6 Å². The number of hydrogen-bond acceptors (Lipinski definition) is 4. The summed E-state index contributed by atoms with van der Waals surface area (Å²) in [4.78, 5) is 8.24. The highest BCUT2D eigenvalue weighted by molar-refractivity contribution is 7.15. The monoisotopic (exact) mass is 267 g/mol. The van der Waals surface area contributed by atoms with E-state index in [0.29, 0.717) is 0 Å². The van der Waals surface area contributed by atoms with E-state index in [9.17, 15) is 0 Å². The Morgan fingerprint density at radius 2 is 1.89 bits per heavy atom. The van der Waals surface area contributed by atoms with Crippen molar-refractivity contribution < 1.29 is 0 Å². The van der Waals surface area contributed by atoms with E-state index >= 15 is 0 Å². The zero-order valence-electron chi connectivity index (χ0n) is 12.0. The van der Waals surface area contributed by atoms with Gasteiger partial charge in [0.1, 0.15) is 0 Å². The minimum absolute atomic E-state index is 0.797. The molecule has 1 saturated carbocycles. The molecule has 0 aromatic carbocycles. The van der Waals surface area contributed by atoms with Crippen molar-refractivity contribution in [3.05, 3.63) is 10.6 Å². The van der Waals surface area contributed by atoms with Gasteiger partial charge in [0.25, 0.3) is 0 Å². The van der Waals surface area contributed by atoms with Crippen molar-refractivity contribution in [2.45, 2.75) is 45.6 Å². The van der Waals surface area contributed by atoms with Crippen molar-refractivity contribution >= 4 is 16.5 Å². The molecule has 1 aliphatic carbocycles. The predicted molar refractivity (Wildman–Crippen MR) is 79.5 cm³/mol. The molecular formula is C14H25N3S. The SMILES string of the molecule is Cc1nc(NCC2CCC(N(C)C)CC2)sc1C. The van der Waals surface area contributed by atoms with Crippen molar-refractivity contribution in [3.63, 3.8) is 0 Å². The molecule has 0 radical (unpaired) electrons. The highest BCUT2D eigenvalue weighted by Gasteiger charge is 2.22. The average molecular weight is 267 g/mol. The van der Waals surface area contributed by atoms with Gasteiger partial charge in [0.2, 0.25) is 0 Å². The molecule has 2 rings (SSSR count). The number of aryl methyl sites for hydroxylation is 2. The van der Waals surface area contributed by atoms with Crippen molar-refractivity contribution in [3.8, 4) is 0 Å². The molecule has 4 heteroatoms. The molecule has 0 spiro atoms. The summed E-state index contributed by atoms with van der Waals surface area (Å²) in [6.07, 6.45) is 5.38. The molecule has 0 unspecified atom stereocenters. The smallest absolute Gasteiger partial charge is 0.183 e. The van der Waals surface area contributed by atoms with Crippen LogP contribution in [0.1, 0.15) is 36.3 Å². The number of anilines is 1. The van der Waals surface area contributed by atoms with Crippen LogP contribution in [0.2, 0.25) is 0 Å². The second-order valence-corrected chi connectivity index (χ2v) is 6.88. The molecule has 1 aromatic heterocycles. The summed E-state index contributed by atoms with van der Waals surface area (Å²) in [5.41, 5.74) is 1.17. The second kappa shape index (κ2) is 6.02. The van der Waals surface area contributed by atoms with Crippen LogP contribution in [0.3, 0.4) is 0 Å². The molecule has 0 saturated heterocycles. The third kappa shape index (κ3) is 3.45. The van der Waals surface area contributed by atoms with Crippen molar-refractivity contribution in [1.29, 1.82) is 0 Å². The fourth-order valence-corrected chi connectivity index (χ4v) is 3.47. The number of aromatic nitrogens is 1. The van der Waals surface area contributed by atoms with E-state index in [0.717, 1.165) is 23.6 Å². The van der Waals surface area contributed by atoms with Crippen LogP contribution in [-0.2, 0) is 0 Å². The molecule has 18 heavy (non-hydrogen) atoms. The van der Waals surface area contributed by atoms with E-state index in [1.165, 1.54) is 36.3 Å². The number of thiazole rings is 1. The molecule has 0 amide bonds. The van der Waals surface area contributed by atoms with Crippen LogP contribution < -0.4 is 5.32 Å². The van der Waals surface area contributed by atoms with Crippen LogP contribution in [0.25, 0.3) is 0 Å². The number of nitrogens with zero attached hydrogens (tertiary/aromatic N) is 2. The maximum atomic E-state index is 4.54. The molecule has 0 bridgehead atoms. The van der Waals surface area contributed by atoms with Gasteiger partial charge in [-0.15, -0.1) is 11.3 Å². The Morgan fingerprint density at radius 3 is 2.39 bits per heavy atom. The Hall–Kier alpha value is -0.610. The molecule has 1 aromatic rings. The first kappa shape index (κ1) is 13.8. The van der Waals surface area contributed by atoms with Gasteiger partial charge in [-0.1, -0.05) is 0 Å². The lowest BCUT2D eigenvalue weighted by Gasteiger charge is -2.32. The van der Waals surface area contributed by atoms with Gasteiger partial charge in [-0.25, -0.2) is 4.98 Å². The Kier molecular flexibility index (Phi) is 4.62. The summed E-state index contributed by atoms with van der Waals surface area (Å²) in [6, 6.07) is 0.797. The van der Waals surface area contributed by atoms with Gasteiger partial charge in [-0.3, -0.25) is 0 Å². The van der Waals surface area contributed by atoms with E-state index in [-0.39, 0.29) is 0 Å². The normalized spacial score (nSPS) is 24.5. The lowest BCUT2D eigenvalue weighted by molar-refractivity contribution is 0.198. The van der Waals surface area contributed by atoms with Gasteiger partial charge in [0, 0.05) is 17.5 Å². The first-order valence-corrected chi connectivity index (χ1v) is 7.72. The van der Waals surface area contributed by atoms with E-state index in [4.69, 9.17) is 0 Å². The van der Waals surface area contributed by atoms with Crippen LogP contribution in [0.5, 0.6) is 0 Å². The summed E-state index contributed by atoms with van der Waals surface area (Å²) in [5.74, 6) is 0.825. The van der Waals surface area contributed by atoms with Crippen LogP contribution in [0.4, 0.5) is 5.13 Å². The lowest BCUT2D eigenvalue weighted by Crippen LogP contribution is -2.33. The Balaban J connectivity index is 1.75. The maximum absolute atomic E-state index is 4.54. The van der Waals surface area contributed by atoms with Gasteiger partial charge in [-0.05, 0) is 59.5 Å². The van der Waals surface area contributed by atoms with Crippen molar-refractivity contribution in [2.24, 2.45) is 5.92 Å². The number of nitrogens with one attached hydrogen (secondary N) is 1. The fraction of sp³-hybridized carbons (Fsp3) is 0.786. The third-order valence-electron chi connectivity index (χ3n) is 4.12. The number of rotatable bonds is 4. The quantitative estimate of drug-likeness (QED) is 0.907. The van der Waals surface area contributed by atoms with Gasteiger partial charge in [0.05, 0.1) is 5.69 Å². The minimum Gasteiger partial charge on any atom is -0.361 e. The Morgan fingerprint density at radius 1 is 1.22 bits per heavy atom. The van der Waals surface area contributed by atoms with E-state index in [1.807, 2.05) is 0 Å². The van der Waals surface area contributed by atoms with Crippen LogP contribution in [0.15, 0.2) is 0 Å². The fourth-order valence-electron chi connectivity index (χ4n) is 2.65. The molecule has 0 aliphatic heterocycles. The van der Waals surface area contributed by atoms with Gasteiger partial charge < -0.3 is 10.2 Å². The van der Waals surface area contributed by atoms with Crippen molar-refractivity contribution in [2.75, 3.05) is 26.0 Å².